The van der Waals surface area contributed by atoms with Gasteiger partial charge in [0.25, 0.3) is 11.6 Å². The van der Waals surface area contributed by atoms with E-state index in [-0.39, 0.29) is 5.56 Å². The van der Waals surface area contributed by atoms with Gasteiger partial charge in [0.05, 0.1) is 6.61 Å². The zero-order valence-electron chi connectivity index (χ0n) is 7.28. The predicted molar refractivity (Wildman–Crippen MR) is 45.3 cm³/mol. The van der Waals surface area contributed by atoms with Crippen LogP contribution in [0.2, 0.25) is 0 Å². The van der Waals surface area contributed by atoms with E-state index in [2.05, 4.69) is 4.98 Å². The molecule has 1 aromatic rings. The highest BCUT2D eigenvalue weighted by Gasteiger charge is 2.01. The van der Waals surface area contributed by atoms with E-state index in [0.717, 1.165) is 0 Å². The maximum absolute atomic E-state index is 11.2. The molecular formula is C8H12N2O2. The Bertz CT molecular complexity index is 306. The first-order valence-corrected chi connectivity index (χ1v) is 3.98. The van der Waals surface area contributed by atoms with E-state index in [0.29, 0.717) is 19.2 Å². The highest BCUT2D eigenvalue weighted by molar-refractivity contribution is 4.98. The fourth-order valence-corrected chi connectivity index (χ4v) is 0.954. The van der Waals surface area contributed by atoms with Crippen molar-refractivity contribution in [2.75, 3.05) is 6.61 Å². The van der Waals surface area contributed by atoms with E-state index in [9.17, 15) is 4.79 Å². The van der Waals surface area contributed by atoms with Crippen molar-refractivity contribution in [3.05, 3.63) is 22.6 Å². The molecule has 1 heterocycles. The molecule has 0 saturated carbocycles. The fraction of sp³-hybridized carbons (Fsp3) is 0.500. The summed E-state index contributed by atoms with van der Waals surface area (Å²) in [6.07, 6.45) is 1.46. The van der Waals surface area contributed by atoms with Crippen molar-refractivity contribution in [2.24, 2.45) is 0 Å². The van der Waals surface area contributed by atoms with Crippen molar-refractivity contribution >= 4 is 0 Å². The highest BCUT2D eigenvalue weighted by Crippen LogP contribution is 2.00. The maximum atomic E-state index is 11.2. The van der Waals surface area contributed by atoms with Crippen LogP contribution in [0.1, 0.15) is 13.8 Å². The molecule has 0 aliphatic rings. The molecule has 0 spiro atoms. The molecule has 0 saturated heterocycles. The molecule has 0 radical (unpaired) electrons. The van der Waals surface area contributed by atoms with E-state index >= 15 is 0 Å². The third-order valence-electron chi connectivity index (χ3n) is 1.49. The summed E-state index contributed by atoms with van der Waals surface area (Å²) in [5.74, 6) is 0. The Balaban J connectivity index is 3.09. The lowest BCUT2D eigenvalue weighted by molar-refractivity contribution is 0.290. The van der Waals surface area contributed by atoms with Crippen LogP contribution < -0.4 is 10.3 Å². The van der Waals surface area contributed by atoms with Crippen molar-refractivity contribution in [1.29, 1.82) is 0 Å². The molecule has 0 aliphatic heterocycles. The lowest BCUT2D eigenvalue weighted by atomic mass is 10.6. The van der Waals surface area contributed by atoms with Gasteiger partial charge in [0, 0.05) is 18.8 Å². The van der Waals surface area contributed by atoms with E-state index in [1.165, 1.54) is 16.8 Å². The van der Waals surface area contributed by atoms with Gasteiger partial charge in [-0.2, -0.15) is 0 Å². The lowest BCUT2D eigenvalue weighted by Gasteiger charge is -2.07. The summed E-state index contributed by atoms with van der Waals surface area (Å²) in [4.78, 5) is 15.1. The van der Waals surface area contributed by atoms with Gasteiger partial charge in [0.2, 0.25) is 0 Å². The molecule has 4 heteroatoms. The highest BCUT2D eigenvalue weighted by atomic mass is 16.5. The Hall–Kier alpha value is -1.32. The van der Waals surface area contributed by atoms with E-state index < -0.39 is 0 Å². The van der Waals surface area contributed by atoms with Crippen LogP contribution >= 0.6 is 0 Å². The molecule has 0 amide bonds. The van der Waals surface area contributed by atoms with Gasteiger partial charge in [-0.3, -0.25) is 9.36 Å². The van der Waals surface area contributed by atoms with E-state index in [1.54, 1.807) is 0 Å². The standard InChI is InChI=1S/C8H12N2O2/c1-3-10-7(11)5-6-9-8(10)12-4-2/h5-6H,3-4H2,1-2H3. The second-order valence-corrected chi connectivity index (χ2v) is 2.24. The SMILES string of the molecule is CCOc1nccc(=O)n1CC. The monoisotopic (exact) mass is 168 g/mol. The molecule has 0 fully saturated rings. The fourth-order valence-electron chi connectivity index (χ4n) is 0.954. The summed E-state index contributed by atoms with van der Waals surface area (Å²) in [5.41, 5.74) is -0.0732. The van der Waals surface area contributed by atoms with Gasteiger partial charge in [-0.05, 0) is 13.8 Å². The minimum Gasteiger partial charge on any atom is -0.465 e. The van der Waals surface area contributed by atoms with Gasteiger partial charge >= 0.3 is 0 Å². The molecule has 12 heavy (non-hydrogen) atoms. The Labute approximate surface area is 70.8 Å². The first kappa shape index (κ1) is 8.77. The third-order valence-corrected chi connectivity index (χ3v) is 1.49. The summed E-state index contributed by atoms with van der Waals surface area (Å²) in [6, 6.07) is 1.82. The number of nitrogens with zero attached hydrogens (tertiary/aromatic N) is 2. The average molecular weight is 168 g/mol. The summed E-state index contributed by atoms with van der Waals surface area (Å²) in [6.45, 7) is 4.85. The molecular weight excluding hydrogens is 156 g/mol. The lowest BCUT2D eigenvalue weighted by Crippen LogP contribution is -2.21. The zero-order valence-corrected chi connectivity index (χ0v) is 7.28. The summed E-state index contributed by atoms with van der Waals surface area (Å²) in [7, 11) is 0. The normalized spacial score (nSPS) is 9.83. The van der Waals surface area contributed by atoms with Gasteiger partial charge in [-0.15, -0.1) is 0 Å². The van der Waals surface area contributed by atoms with Crippen LogP contribution in [0.15, 0.2) is 17.1 Å². The van der Waals surface area contributed by atoms with Crippen LogP contribution in [0, 0.1) is 0 Å². The van der Waals surface area contributed by atoms with Crippen LogP contribution in [-0.2, 0) is 6.54 Å². The van der Waals surface area contributed by atoms with Crippen LogP contribution in [0.25, 0.3) is 0 Å². The molecule has 1 aromatic heterocycles. The molecule has 0 unspecified atom stereocenters. The number of aromatic nitrogens is 2. The zero-order chi connectivity index (χ0) is 8.97. The summed E-state index contributed by atoms with van der Waals surface area (Å²) < 4.78 is 6.65. The van der Waals surface area contributed by atoms with Crippen molar-refractivity contribution in [3.63, 3.8) is 0 Å². The first-order chi connectivity index (χ1) is 5.79. The van der Waals surface area contributed by atoms with Crippen molar-refractivity contribution in [2.45, 2.75) is 20.4 Å². The Morgan fingerprint density at radius 2 is 2.33 bits per heavy atom. The average Bonchev–Trinajstić information content (AvgIpc) is 2.05. The number of hydrogen-bond acceptors (Lipinski definition) is 3. The molecule has 0 atom stereocenters. The topological polar surface area (TPSA) is 44.1 Å². The summed E-state index contributed by atoms with van der Waals surface area (Å²) >= 11 is 0. The maximum Gasteiger partial charge on any atom is 0.299 e. The van der Waals surface area contributed by atoms with Crippen molar-refractivity contribution < 1.29 is 4.74 Å². The minimum atomic E-state index is -0.0732. The smallest absolute Gasteiger partial charge is 0.299 e. The third kappa shape index (κ3) is 1.64. The van der Waals surface area contributed by atoms with Crippen molar-refractivity contribution in [3.8, 4) is 6.01 Å². The minimum absolute atomic E-state index is 0.0732. The molecule has 66 valence electrons. The summed E-state index contributed by atoms with van der Waals surface area (Å²) in [5, 5.41) is 0. The van der Waals surface area contributed by atoms with Crippen molar-refractivity contribution in [1.82, 2.24) is 9.55 Å². The van der Waals surface area contributed by atoms with E-state index in [4.69, 9.17) is 4.74 Å². The molecule has 1 rings (SSSR count). The quantitative estimate of drug-likeness (QED) is 0.666. The molecule has 4 nitrogen and oxygen atoms in total. The molecule has 0 aliphatic carbocycles. The second kappa shape index (κ2) is 3.90. The van der Waals surface area contributed by atoms with Crippen LogP contribution in [0.3, 0.4) is 0 Å². The Morgan fingerprint density at radius 3 is 2.92 bits per heavy atom. The van der Waals surface area contributed by atoms with Crippen LogP contribution in [0.5, 0.6) is 6.01 Å². The second-order valence-electron chi connectivity index (χ2n) is 2.24. The number of ether oxygens (including phenoxy) is 1. The molecule has 0 bridgehead atoms. The van der Waals surface area contributed by atoms with Gasteiger partial charge in [0.15, 0.2) is 0 Å². The van der Waals surface area contributed by atoms with E-state index in [1.807, 2.05) is 13.8 Å². The molecule has 0 aromatic carbocycles. The molecule has 0 N–H and O–H groups in total. The Morgan fingerprint density at radius 1 is 1.58 bits per heavy atom. The van der Waals surface area contributed by atoms with Gasteiger partial charge < -0.3 is 4.74 Å². The van der Waals surface area contributed by atoms with Gasteiger partial charge in [-0.1, -0.05) is 0 Å². The first-order valence-electron chi connectivity index (χ1n) is 3.98. The van der Waals surface area contributed by atoms with Crippen LogP contribution in [0.4, 0.5) is 0 Å². The van der Waals surface area contributed by atoms with Crippen LogP contribution in [-0.4, -0.2) is 16.2 Å². The van der Waals surface area contributed by atoms with Gasteiger partial charge in [-0.25, -0.2) is 4.98 Å². The Kier molecular flexibility index (Phi) is 2.85. The number of hydrogen-bond donors (Lipinski definition) is 0. The predicted octanol–water partition coefficient (Wildman–Crippen LogP) is 0.662. The van der Waals surface area contributed by atoms with Gasteiger partial charge in [0.1, 0.15) is 0 Å². The number of rotatable bonds is 3. The largest absolute Gasteiger partial charge is 0.465 e.